The van der Waals surface area contributed by atoms with E-state index in [-0.39, 0.29) is 29.3 Å². The average molecular weight is 301 g/mol. The quantitative estimate of drug-likeness (QED) is 0.749. The van der Waals surface area contributed by atoms with Crippen LogP contribution in [0.3, 0.4) is 0 Å². The summed E-state index contributed by atoms with van der Waals surface area (Å²) in [6.45, 7) is 4.22. The Morgan fingerprint density at radius 3 is 2.43 bits per heavy atom. The molecule has 0 saturated heterocycles. The van der Waals surface area contributed by atoms with Gasteiger partial charge in [0.1, 0.15) is 11.4 Å². The lowest BCUT2D eigenvalue weighted by atomic mass is 10.0. The second-order valence-electron chi connectivity index (χ2n) is 5.49. The van der Waals surface area contributed by atoms with Crippen molar-refractivity contribution in [3.05, 3.63) is 23.8 Å². The Balaban J connectivity index is 2.55. The van der Waals surface area contributed by atoms with Crippen LogP contribution in [0.5, 0.6) is 5.75 Å². The van der Waals surface area contributed by atoms with Crippen LogP contribution in [-0.4, -0.2) is 30.0 Å². The summed E-state index contributed by atoms with van der Waals surface area (Å²) < 4.78 is 43.8. The van der Waals surface area contributed by atoms with Crippen LogP contribution in [0.2, 0.25) is 0 Å². The molecular formula is C14H14F3NO3. The molecule has 1 aromatic rings. The average Bonchev–Trinajstić information content (AvgIpc) is 2.34. The number of nitrogens with zero attached hydrogens (tertiary/aromatic N) is 1. The largest absolute Gasteiger partial charge is 0.484 e. The number of ketones is 1. The van der Waals surface area contributed by atoms with Crippen molar-refractivity contribution in [1.82, 2.24) is 0 Å². The highest BCUT2D eigenvalue weighted by Crippen LogP contribution is 2.39. The third-order valence-corrected chi connectivity index (χ3v) is 3.07. The topological polar surface area (TPSA) is 46.6 Å². The van der Waals surface area contributed by atoms with Crippen LogP contribution in [0.1, 0.15) is 31.1 Å². The van der Waals surface area contributed by atoms with Crippen molar-refractivity contribution in [2.75, 3.05) is 11.4 Å². The summed E-state index contributed by atoms with van der Waals surface area (Å²) in [5.41, 5.74) is -0.771. The first-order chi connectivity index (χ1) is 9.51. The number of benzene rings is 1. The summed E-state index contributed by atoms with van der Waals surface area (Å²) in [6, 6.07) is 4.11. The van der Waals surface area contributed by atoms with E-state index in [1.54, 1.807) is 13.8 Å². The third-order valence-electron chi connectivity index (χ3n) is 3.07. The van der Waals surface area contributed by atoms with Gasteiger partial charge in [-0.15, -0.1) is 0 Å². The summed E-state index contributed by atoms with van der Waals surface area (Å²) >= 11 is 0. The maximum absolute atomic E-state index is 12.7. The molecule has 0 radical (unpaired) electrons. The van der Waals surface area contributed by atoms with E-state index >= 15 is 0 Å². The van der Waals surface area contributed by atoms with E-state index in [1.165, 1.54) is 25.1 Å². The number of halogens is 3. The molecule has 0 fully saturated rings. The van der Waals surface area contributed by atoms with Crippen LogP contribution < -0.4 is 9.64 Å². The van der Waals surface area contributed by atoms with E-state index in [9.17, 15) is 22.8 Å². The van der Waals surface area contributed by atoms with Gasteiger partial charge in [0.15, 0.2) is 5.78 Å². The molecule has 0 aliphatic carbocycles. The van der Waals surface area contributed by atoms with E-state index < -0.39 is 17.7 Å². The number of hydrogen-bond acceptors (Lipinski definition) is 3. The molecule has 1 aliphatic heterocycles. The number of ether oxygens (including phenoxy) is 1. The third kappa shape index (κ3) is 3.01. The fraction of sp³-hybridized carbons (Fsp3) is 0.429. The van der Waals surface area contributed by atoms with Crippen molar-refractivity contribution in [3.8, 4) is 5.75 Å². The molecule has 0 N–H and O–H groups in total. The number of alkyl halides is 3. The van der Waals surface area contributed by atoms with Crippen molar-refractivity contribution in [2.24, 2.45) is 0 Å². The number of hydrogen-bond donors (Lipinski definition) is 0. The van der Waals surface area contributed by atoms with Gasteiger partial charge in [-0.1, -0.05) is 0 Å². The Labute approximate surface area is 119 Å². The SMILES string of the molecule is CC(=O)c1ccc2c(c1)N(C(=O)C(F)(F)F)CC(C)(C)O2. The Hall–Kier alpha value is -2.05. The number of amides is 1. The predicted octanol–water partition coefficient (Wildman–Crippen LogP) is 2.96. The van der Waals surface area contributed by atoms with E-state index in [0.29, 0.717) is 4.90 Å². The van der Waals surface area contributed by atoms with E-state index in [0.717, 1.165) is 0 Å². The van der Waals surface area contributed by atoms with Crippen LogP contribution in [0.25, 0.3) is 0 Å². The lowest BCUT2D eigenvalue weighted by molar-refractivity contribution is -0.171. The molecule has 2 rings (SSSR count). The minimum atomic E-state index is -4.99. The number of anilines is 1. The monoisotopic (exact) mass is 301 g/mol. The van der Waals surface area contributed by atoms with Gasteiger partial charge in [-0.05, 0) is 39.0 Å². The highest BCUT2D eigenvalue weighted by molar-refractivity contribution is 6.01. The van der Waals surface area contributed by atoms with E-state index in [2.05, 4.69) is 0 Å². The zero-order valence-electron chi connectivity index (χ0n) is 11.7. The molecule has 1 heterocycles. The fourth-order valence-electron chi connectivity index (χ4n) is 2.16. The molecule has 21 heavy (non-hydrogen) atoms. The summed E-state index contributed by atoms with van der Waals surface area (Å²) in [4.78, 5) is 23.6. The zero-order valence-corrected chi connectivity index (χ0v) is 11.7. The highest BCUT2D eigenvalue weighted by Gasteiger charge is 2.47. The first kappa shape index (κ1) is 15.3. The van der Waals surface area contributed by atoms with Gasteiger partial charge in [0, 0.05) is 5.56 Å². The molecule has 0 atom stereocenters. The lowest BCUT2D eigenvalue weighted by Crippen LogP contribution is -2.53. The molecule has 0 aromatic heterocycles. The minimum Gasteiger partial charge on any atom is -0.484 e. The first-order valence-electron chi connectivity index (χ1n) is 6.24. The van der Waals surface area contributed by atoms with Gasteiger partial charge in [-0.25, -0.2) is 0 Å². The Kier molecular flexibility index (Phi) is 3.47. The molecule has 7 heteroatoms. The molecule has 1 aliphatic rings. The fourth-order valence-corrected chi connectivity index (χ4v) is 2.16. The maximum Gasteiger partial charge on any atom is 0.471 e. The second-order valence-corrected chi connectivity index (χ2v) is 5.49. The molecule has 1 amide bonds. The van der Waals surface area contributed by atoms with Crippen molar-refractivity contribution in [3.63, 3.8) is 0 Å². The summed E-state index contributed by atoms with van der Waals surface area (Å²) in [6.07, 6.45) is -4.99. The summed E-state index contributed by atoms with van der Waals surface area (Å²) in [5.74, 6) is -2.13. The molecule has 1 aromatic carbocycles. The molecular weight excluding hydrogens is 287 g/mol. The maximum atomic E-state index is 12.7. The molecule has 114 valence electrons. The minimum absolute atomic E-state index is 0.0376. The Bertz CT molecular complexity index is 608. The number of fused-ring (bicyclic) bond motifs is 1. The molecule has 0 unspecified atom stereocenters. The van der Waals surface area contributed by atoms with Gasteiger partial charge in [-0.2, -0.15) is 13.2 Å². The first-order valence-corrected chi connectivity index (χ1v) is 6.24. The van der Waals surface area contributed by atoms with Crippen molar-refractivity contribution >= 4 is 17.4 Å². The van der Waals surface area contributed by atoms with Crippen LogP contribution in [-0.2, 0) is 4.79 Å². The predicted molar refractivity (Wildman–Crippen MR) is 69.6 cm³/mol. The smallest absolute Gasteiger partial charge is 0.471 e. The molecule has 4 nitrogen and oxygen atoms in total. The van der Waals surface area contributed by atoms with Crippen LogP contribution in [0, 0.1) is 0 Å². The Morgan fingerprint density at radius 2 is 1.90 bits per heavy atom. The summed E-state index contributed by atoms with van der Waals surface area (Å²) in [5, 5.41) is 0. The van der Waals surface area contributed by atoms with Crippen LogP contribution in [0.15, 0.2) is 18.2 Å². The van der Waals surface area contributed by atoms with Crippen molar-refractivity contribution in [2.45, 2.75) is 32.5 Å². The highest BCUT2D eigenvalue weighted by atomic mass is 19.4. The number of carbonyl (C=O) groups excluding carboxylic acids is 2. The van der Waals surface area contributed by atoms with E-state index in [4.69, 9.17) is 4.74 Å². The van der Waals surface area contributed by atoms with Gasteiger partial charge in [-0.3, -0.25) is 14.5 Å². The summed E-state index contributed by atoms with van der Waals surface area (Å²) in [7, 11) is 0. The van der Waals surface area contributed by atoms with Gasteiger partial charge in [0.2, 0.25) is 0 Å². The second kappa shape index (κ2) is 4.75. The van der Waals surface area contributed by atoms with Crippen molar-refractivity contribution in [1.29, 1.82) is 0 Å². The lowest BCUT2D eigenvalue weighted by Gasteiger charge is -2.39. The number of rotatable bonds is 1. The van der Waals surface area contributed by atoms with Crippen LogP contribution in [0.4, 0.5) is 18.9 Å². The van der Waals surface area contributed by atoms with Gasteiger partial charge in [0.05, 0.1) is 12.2 Å². The van der Waals surface area contributed by atoms with Gasteiger partial charge < -0.3 is 4.74 Å². The van der Waals surface area contributed by atoms with Gasteiger partial charge in [0.25, 0.3) is 0 Å². The standard InChI is InChI=1S/C14H14F3NO3/c1-8(19)9-4-5-11-10(6-9)18(7-13(2,3)21-11)12(20)14(15,16)17/h4-6H,7H2,1-3H3. The number of Topliss-reactive ketones (excluding diaryl/α,β-unsaturated/α-hetero) is 1. The Morgan fingerprint density at radius 1 is 1.29 bits per heavy atom. The molecule has 0 spiro atoms. The number of carbonyl (C=O) groups is 2. The normalized spacial score (nSPS) is 17.0. The van der Waals surface area contributed by atoms with Crippen molar-refractivity contribution < 1.29 is 27.5 Å². The zero-order chi connectivity index (χ0) is 16.0. The van der Waals surface area contributed by atoms with Crippen LogP contribution >= 0.6 is 0 Å². The van der Waals surface area contributed by atoms with E-state index in [1.807, 2.05) is 0 Å². The molecule has 0 bridgehead atoms. The molecule has 0 saturated carbocycles. The van der Waals surface area contributed by atoms with Gasteiger partial charge >= 0.3 is 12.1 Å².